The highest BCUT2D eigenvalue weighted by atomic mass is 16.2. The van der Waals surface area contributed by atoms with Gasteiger partial charge in [0.2, 0.25) is 5.91 Å². The zero-order valence-electron chi connectivity index (χ0n) is 15.4. The largest absolute Gasteiger partial charge is 0.337 e. The van der Waals surface area contributed by atoms with Crippen LogP contribution in [0.3, 0.4) is 0 Å². The van der Waals surface area contributed by atoms with Crippen molar-refractivity contribution in [1.29, 1.82) is 5.26 Å². The highest BCUT2D eigenvalue weighted by Gasteiger charge is 2.43. The average molecular weight is 347 g/mol. The Balaban J connectivity index is 1.77. The van der Waals surface area contributed by atoms with Crippen molar-refractivity contribution in [2.75, 3.05) is 13.6 Å². The molecule has 1 amide bonds. The third-order valence-electron chi connectivity index (χ3n) is 5.09. The van der Waals surface area contributed by atoms with E-state index in [0.29, 0.717) is 0 Å². The van der Waals surface area contributed by atoms with Crippen LogP contribution in [0.1, 0.15) is 36.9 Å². The van der Waals surface area contributed by atoms with Crippen LogP contribution in [0.5, 0.6) is 0 Å². The molecule has 0 saturated heterocycles. The summed E-state index contributed by atoms with van der Waals surface area (Å²) in [6.07, 6.45) is 2.02. The van der Waals surface area contributed by atoms with E-state index in [1.54, 1.807) is 0 Å². The molecule has 0 aromatic heterocycles. The predicted molar refractivity (Wildman–Crippen MR) is 102 cm³/mol. The summed E-state index contributed by atoms with van der Waals surface area (Å²) in [6, 6.07) is 22.6. The molecule has 1 aliphatic carbocycles. The van der Waals surface area contributed by atoms with Crippen LogP contribution < -0.4 is 5.32 Å². The average Bonchev–Trinajstić information content (AvgIpc) is 3.49. The Morgan fingerprint density at radius 3 is 2.08 bits per heavy atom. The number of nitrogens with zero attached hydrogens (tertiary/aromatic N) is 2. The van der Waals surface area contributed by atoms with Crippen LogP contribution in [0, 0.1) is 17.2 Å². The Morgan fingerprint density at radius 2 is 1.65 bits per heavy atom. The summed E-state index contributed by atoms with van der Waals surface area (Å²) in [5, 5.41) is 12.4. The van der Waals surface area contributed by atoms with Gasteiger partial charge in [0.25, 0.3) is 0 Å². The molecule has 1 atom stereocenters. The standard InChI is InChI=1S/C22H25N3O/c1-22(16-23,19-13-14-19)24-20(26)15-25(2)21(17-9-5-3-6-10-17)18-11-7-4-8-12-18/h3-12,19,21H,13-15H2,1-2H3,(H,24,26)/t22-/m1/s1. The maximum absolute atomic E-state index is 12.6. The normalized spacial score (nSPS) is 16.1. The molecule has 26 heavy (non-hydrogen) atoms. The highest BCUT2D eigenvalue weighted by Crippen LogP contribution is 2.39. The summed E-state index contributed by atoms with van der Waals surface area (Å²) >= 11 is 0. The van der Waals surface area contributed by atoms with E-state index in [-0.39, 0.29) is 24.4 Å². The summed E-state index contributed by atoms with van der Waals surface area (Å²) in [7, 11) is 1.95. The monoisotopic (exact) mass is 347 g/mol. The van der Waals surface area contributed by atoms with Crippen molar-refractivity contribution in [3.05, 3.63) is 71.8 Å². The van der Waals surface area contributed by atoms with E-state index < -0.39 is 5.54 Å². The fraction of sp³-hybridized carbons (Fsp3) is 0.364. The zero-order valence-corrected chi connectivity index (χ0v) is 15.4. The van der Waals surface area contributed by atoms with Gasteiger partial charge in [0.1, 0.15) is 5.54 Å². The summed E-state index contributed by atoms with van der Waals surface area (Å²) in [4.78, 5) is 14.7. The second-order valence-corrected chi connectivity index (χ2v) is 7.28. The lowest BCUT2D eigenvalue weighted by Gasteiger charge is -2.30. The zero-order chi connectivity index (χ0) is 18.6. The molecule has 0 heterocycles. The topological polar surface area (TPSA) is 56.1 Å². The maximum Gasteiger partial charge on any atom is 0.235 e. The van der Waals surface area contributed by atoms with Crippen LogP contribution in [0.2, 0.25) is 0 Å². The van der Waals surface area contributed by atoms with Gasteiger partial charge in [0.05, 0.1) is 18.7 Å². The first-order chi connectivity index (χ1) is 12.5. The first-order valence-corrected chi connectivity index (χ1v) is 9.06. The molecule has 4 heteroatoms. The number of amides is 1. The molecule has 3 rings (SSSR count). The second-order valence-electron chi connectivity index (χ2n) is 7.28. The van der Waals surface area contributed by atoms with Crippen LogP contribution in [-0.4, -0.2) is 29.9 Å². The minimum absolute atomic E-state index is 0.0163. The molecule has 0 spiro atoms. The molecule has 2 aromatic rings. The van der Waals surface area contributed by atoms with Crippen molar-refractivity contribution in [1.82, 2.24) is 10.2 Å². The molecule has 1 N–H and O–H groups in total. The van der Waals surface area contributed by atoms with Crippen molar-refractivity contribution in [3.63, 3.8) is 0 Å². The van der Waals surface area contributed by atoms with Crippen molar-refractivity contribution >= 4 is 5.91 Å². The number of carbonyl (C=O) groups excluding carboxylic acids is 1. The van der Waals surface area contributed by atoms with Crippen molar-refractivity contribution in [3.8, 4) is 6.07 Å². The Morgan fingerprint density at radius 1 is 1.15 bits per heavy atom. The number of nitriles is 1. The van der Waals surface area contributed by atoms with E-state index in [0.717, 1.165) is 24.0 Å². The van der Waals surface area contributed by atoms with E-state index in [2.05, 4.69) is 35.7 Å². The lowest BCUT2D eigenvalue weighted by Crippen LogP contribution is -2.50. The molecule has 0 bridgehead atoms. The first-order valence-electron chi connectivity index (χ1n) is 9.06. The lowest BCUT2D eigenvalue weighted by molar-refractivity contribution is -0.123. The highest BCUT2D eigenvalue weighted by molar-refractivity contribution is 5.79. The maximum atomic E-state index is 12.6. The summed E-state index contributed by atoms with van der Waals surface area (Å²) in [6.45, 7) is 2.06. The van der Waals surface area contributed by atoms with Crippen LogP contribution in [0.4, 0.5) is 0 Å². The number of carbonyl (C=O) groups is 1. The molecular weight excluding hydrogens is 322 g/mol. The molecule has 134 valence electrons. The molecule has 1 aliphatic rings. The number of benzene rings is 2. The molecule has 1 fully saturated rings. The summed E-state index contributed by atoms with van der Waals surface area (Å²) in [5.41, 5.74) is 1.52. The SMILES string of the molecule is CN(CC(=O)N[C@](C)(C#N)C1CC1)C(c1ccccc1)c1ccccc1. The fourth-order valence-corrected chi connectivity index (χ4v) is 3.50. The van der Waals surface area contributed by atoms with Gasteiger partial charge in [-0.2, -0.15) is 5.26 Å². The third kappa shape index (κ3) is 4.12. The van der Waals surface area contributed by atoms with Gasteiger partial charge < -0.3 is 5.32 Å². The summed E-state index contributed by atoms with van der Waals surface area (Å²) in [5.74, 6) is 0.168. The van der Waals surface area contributed by atoms with Crippen LogP contribution in [0.25, 0.3) is 0 Å². The van der Waals surface area contributed by atoms with E-state index in [9.17, 15) is 10.1 Å². The van der Waals surface area contributed by atoms with E-state index in [1.807, 2.05) is 55.3 Å². The van der Waals surface area contributed by atoms with Crippen molar-refractivity contribution < 1.29 is 4.79 Å². The number of rotatable bonds is 7. The van der Waals surface area contributed by atoms with Gasteiger partial charge in [0, 0.05) is 0 Å². The summed E-state index contributed by atoms with van der Waals surface area (Å²) < 4.78 is 0. The van der Waals surface area contributed by atoms with Gasteiger partial charge in [-0.3, -0.25) is 9.69 Å². The van der Waals surface area contributed by atoms with Gasteiger partial charge in [-0.15, -0.1) is 0 Å². The number of nitrogens with one attached hydrogen (secondary N) is 1. The minimum atomic E-state index is -0.757. The predicted octanol–water partition coefficient (Wildman–Crippen LogP) is 3.52. The number of likely N-dealkylation sites (N-methyl/N-ethyl adjacent to an activating group) is 1. The minimum Gasteiger partial charge on any atom is -0.337 e. The number of hydrogen-bond acceptors (Lipinski definition) is 3. The van der Waals surface area contributed by atoms with Crippen LogP contribution in [-0.2, 0) is 4.79 Å². The lowest BCUT2D eigenvalue weighted by atomic mass is 9.96. The van der Waals surface area contributed by atoms with Gasteiger partial charge in [-0.25, -0.2) is 0 Å². The van der Waals surface area contributed by atoms with Gasteiger partial charge in [0.15, 0.2) is 0 Å². The molecule has 2 aromatic carbocycles. The number of hydrogen-bond donors (Lipinski definition) is 1. The van der Waals surface area contributed by atoms with Crippen molar-refractivity contribution in [2.24, 2.45) is 5.92 Å². The van der Waals surface area contributed by atoms with Crippen LogP contribution >= 0.6 is 0 Å². The second kappa shape index (κ2) is 7.72. The molecule has 4 nitrogen and oxygen atoms in total. The molecule has 0 unspecified atom stereocenters. The van der Waals surface area contributed by atoms with Crippen molar-refractivity contribution in [2.45, 2.75) is 31.3 Å². The third-order valence-corrected chi connectivity index (χ3v) is 5.09. The Kier molecular flexibility index (Phi) is 5.39. The molecular formula is C22H25N3O. The van der Waals surface area contributed by atoms with Gasteiger partial charge in [-0.1, -0.05) is 60.7 Å². The molecule has 0 radical (unpaired) electrons. The Bertz CT molecular complexity index is 741. The Labute approximate surface area is 155 Å². The smallest absolute Gasteiger partial charge is 0.235 e. The van der Waals surface area contributed by atoms with Gasteiger partial charge in [-0.05, 0) is 43.9 Å². The van der Waals surface area contributed by atoms with E-state index in [4.69, 9.17) is 0 Å². The first kappa shape index (κ1) is 18.2. The fourth-order valence-electron chi connectivity index (χ4n) is 3.50. The van der Waals surface area contributed by atoms with Gasteiger partial charge >= 0.3 is 0 Å². The Hall–Kier alpha value is -2.64. The quantitative estimate of drug-likeness (QED) is 0.834. The van der Waals surface area contributed by atoms with E-state index in [1.165, 1.54) is 0 Å². The molecule has 0 aliphatic heterocycles. The van der Waals surface area contributed by atoms with E-state index >= 15 is 0 Å². The van der Waals surface area contributed by atoms with Crippen LogP contribution in [0.15, 0.2) is 60.7 Å². The molecule has 1 saturated carbocycles.